The maximum atomic E-state index is 13.1. The van der Waals surface area contributed by atoms with E-state index in [4.69, 9.17) is 4.74 Å². The normalized spacial score (nSPS) is 16.5. The van der Waals surface area contributed by atoms with Gasteiger partial charge in [0.1, 0.15) is 11.5 Å². The topological polar surface area (TPSA) is 29.5 Å². The average molecular weight is 343 g/mol. The van der Waals surface area contributed by atoms with Crippen molar-refractivity contribution >= 4 is 5.91 Å². The number of carbonyl (C=O) groups is 1. The number of carbonyl (C=O) groups excluding carboxylic acids is 1. The van der Waals surface area contributed by atoms with Gasteiger partial charge in [-0.3, -0.25) is 4.79 Å². The Balaban J connectivity index is 1.52. The molecule has 0 saturated carbocycles. The molecule has 130 valence electrons. The molecule has 1 fully saturated rings. The second-order valence-corrected chi connectivity index (χ2v) is 6.56. The van der Waals surface area contributed by atoms with E-state index in [0.717, 1.165) is 25.3 Å². The molecule has 0 aliphatic carbocycles. The van der Waals surface area contributed by atoms with Crippen molar-refractivity contribution in [2.75, 3.05) is 13.1 Å². The van der Waals surface area contributed by atoms with Gasteiger partial charge in [-0.05, 0) is 36.2 Å². The van der Waals surface area contributed by atoms with Crippen LogP contribution in [0.4, 0.5) is 0 Å². The van der Waals surface area contributed by atoms with Gasteiger partial charge in [0.2, 0.25) is 0 Å². The van der Waals surface area contributed by atoms with E-state index >= 15 is 0 Å². The third-order valence-electron chi connectivity index (χ3n) is 4.83. The Morgan fingerprint density at radius 1 is 0.846 bits per heavy atom. The molecule has 26 heavy (non-hydrogen) atoms. The molecule has 0 N–H and O–H groups in total. The first kappa shape index (κ1) is 16.4. The molecule has 0 spiro atoms. The van der Waals surface area contributed by atoms with Gasteiger partial charge in [-0.15, -0.1) is 0 Å². The minimum absolute atomic E-state index is 0.0370. The highest BCUT2D eigenvalue weighted by molar-refractivity contribution is 5.97. The van der Waals surface area contributed by atoms with E-state index in [0.29, 0.717) is 17.2 Å². The third-order valence-corrected chi connectivity index (χ3v) is 4.83. The first-order chi connectivity index (χ1) is 12.8. The largest absolute Gasteiger partial charge is 0.457 e. The van der Waals surface area contributed by atoms with Crippen LogP contribution in [-0.2, 0) is 0 Å². The molecule has 1 unspecified atom stereocenters. The first-order valence-electron chi connectivity index (χ1n) is 8.97. The number of amides is 1. The van der Waals surface area contributed by atoms with Gasteiger partial charge in [-0.1, -0.05) is 60.7 Å². The zero-order valence-corrected chi connectivity index (χ0v) is 14.5. The Morgan fingerprint density at radius 2 is 1.50 bits per heavy atom. The molecule has 3 aromatic rings. The van der Waals surface area contributed by atoms with Crippen molar-refractivity contribution in [3.8, 4) is 11.5 Å². The van der Waals surface area contributed by atoms with Crippen molar-refractivity contribution in [3.05, 3.63) is 96.1 Å². The zero-order valence-electron chi connectivity index (χ0n) is 14.5. The highest BCUT2D eigenvalue weighted by Crippen LogP contribution is 2.31. The summed E-state index contributed by atoms with van der Waals surface area (Å²) in [5.41, 5.74) is 1.92. The van der Waals surface area contributed by atoms with E-state index in [1.165, 1.54) is 5.56 Å². The standard InChI is InChI=1S/C23H21NO2/c25-23(24-16-15-19(17-24)18-9-3-1-4-10-18)21-13-7-8-14-22(21)26-20-11-5-2-6-12-20/h1-14,19H,15-17H2. The molecule has 3 nitrogen and oxygen atoms in total. The smallest absolute Gasteiger partial charge is 0.257 e. The molecule has 1 amide bonds. The third kappa shape index (κ3) is 3.47. The molecule has 1 heterocycles. The van der Waals surface area contributed by atoms with Crippen LogP contribution in [-0.4, -0.2) is 23.9 Å². The fraction of sp³-hybridized carbons (Fsp3) is 0.174. The number of likely N-dealkylation sites (tertiary alicyclic amines) is 1. The van der Waals surface area contributed by atoms with Crippen LogP contribution in [0.3, 0.4) is 0 Å². The highest BCUT2D eigenvalue weighted by atomic mass is 16.5. The number of benzene rings is 3. The molecular weight excluding hydrogens is 322 g/mol. The summed E-state index contributed by atoms with van der Waals surface area (Å²) >= 11 is 0. The summed E-state index contributed by atoms with van der Waals surface area (Å²) in [4.78, 5) is 15.0. The number of hydrogen-bond donors (Lipinski definition) is 0. The van der Waals surface area contributed by atoms with E-state index in [1.807, 2.05) is 65.6 Å². The summed E-state index contributed by atoms with van der Waals surface area (Å²) in [5, 5.41) is 0. The lowest BCUT2D eigenvalue weighted by molar-refractivity contribution is 0.0788. The van der Waals surface area contributed by atoms with Crippen molar-refractivity contribution in [1.29, 1.82) is 0 Å². The maximum Gasteiger partial charge on any atom is 0.257 e. The van der Waals surface area contributed by atoms with Crippen LogP contribution in [0.2, 0.25) is 0 Å². The van der Waals surface area contributed by atoms with Crippen LogP contribution < -0.4 is 4.74 Å². The summed E-state index contributed by atoms with van der Waals surface area (Å²) in [6.07, 6.45) is 0.997. The molecule has 1 atom stereocenters. The molecule has 0 bridgehead atoms. The minimum Gasteiger partial charge on any atom is -0.457 e. The number of nitrogens with zero attached hydrogens (tertiary/aromatic N) is 1. The number of rotatable bonds is 4. The predicted molar refractivity (Wildman–Crippen MR) is 103 cm³/mol. The highest BCUT2D eigenvalue weighted by Gasteiger charge is 2.29. The van der Waals surface area contributed by atoms with Crippen molar-refractivity contribution in [3.63, 3.8) is 0 Å². The maximum absolute atomic E-state index is 13.1. The minimum atomic E-state index is 0.0370. The summed E-state index contributed by atoms with van der Waals surface area (Å²) in [6.45, 7) is 1.53. The van der Waals surface area contributed by atoms with E-state index in [9.17, 15) is 4.79 Å². The van der Waals surface area contributed by atoms with Crippen LogP contribution in [0.15, 0.2) is 84.9 Å². The quantitative estimate of drug-likeness (QED) is 0.659. The zero-order chi connectivity index (χ0) is 17.8. The Kier molecular flexibility index (Phi) is 4.69. The monoisotopic (exact) mass is 343 g/mol. The average Bonchev–Trinajstić information content (AvgIpc) is 3.20. The van der Waals surface area contributed by atoms with E-state index < -0.39 is 0 Å². The summed E-state index contributed by atoms with van der Waals surface area (Å²) in [7, 11) is 0. The fourth-order valence-corrected chi connectivity index (χ4v) is 3.46. The fourth-order valence-electron chi connectivity index (χ4n) is 3.46. The molecule has 0 aromatic heterocycles. The van der Waals surface area contributed by atoms with E-state index in [1.54, 1.807) is 0 Å². The molecule has 0 radical (unpaired) electrons. The van der Waals surface area contributed by atoms with Crippen LogP contribution in [0.5, 0.6) is 11.5 Å². The Hall–Kier alpha value is -3.07. The SMILES string of the molecule is O=C(c1ccccc1Oc1ccccc1)N1CCC(c2ccccc2)C1. The Morgan fingerprint density at radius 3 is 2.27 bits per heavy atom. The molecule has 3 heteroatoms. The lowest BCUT2D eigenvalue weighted by Gasteiger charge is -2.19. The van der Waals surface area contributed by atoms with Crippen LogP contribution in [0.25, 0.3) is 0 Å². The van der Waals surface area contributed by atoms with Gasteiger partial charge < -0.3 is 9.64 Å². The first-order valence-corrected chi connectivity index (χ1v) is 8.97. The van der Waals surface area contributed by atoms with E-state index in [2.05, 4.69) is 24.3 Å². The van der Waals surface area contributed by atoms with Crippen LogP contribution in [0, 0.1) is 0 Å². The van der Waals surface area contributed by atoms with Gasteiger partial charge >= 0.3 is 0 Å². The molecule has 1 aliphatic heterocycles. The molecule has 4 rings (SSSR count). The van der Waals surface area contributed by atoms with Crippen LogP contribution >= 0.6 is 0 Å². The number of para-hydroxylation sites is 2. The van der Waals surface area contributed by atoms with Gasteiger partial charge in [0.25, 0.3) is 5.91 Å². The second kappa shape index (κ2) is 7.44. The van der Waals surface area contributed by atoms with E-state index in [-0.39, 0.29) is 5.91 Å². The molecular formula is C23H21NO2. The van der Waals surface area contributed by atoms with Gasteiger partial charge in [0.15, 0.2) is 0 Å². The second-order valence-electron chi connectivity index (χ2n) is 6.56. The van der Waals surface area contributed by atoms with Gasteiger partial charge in [0.05, 0.1) is 5.56 Å². The van der Waals surface area contributed by atoms with Crippen molar-refractivity contribution in [2.24, 2.45) is 0 Å². The summed E-state index contributed by atoms with van der Waals surface area (Å²) in [5.74, 6) is 1.78. The molecule has 3 aromatic carbocycles. The molecule has 1 aliphatic rings. The van der Waals surface area contributed by atoms with Gasteiger partial charge in [-0.25, -0.2) is 0 Å². The molecule has 1 saturated heterocycles. The van der Waals surface area contributed by atoms with Gasteiger partial charge in [-0.2, -0.15) is 0 Å². The Bertz CT molecular complexity index is 877. The van der Waals surface area contributed by atoms with Crippen molar-refractivity contribution in [2.45, 2.75) is 12.3 Å². The number of hydrogen-bond acceptors (Lipinski definition) is 2. The lowest BCUT2D eigenvalue weighted by Crippen LogP contribution is -2.28. The van der Waals surface area contributed by atoms with Crippen LogP contribution in [0.1, 0.15) is 28.3 Å². The Labute approximate surface area is 153 Å². The predicted octanol–water partition coefficient (Wildman–Crippen LogP) is 5.11. The van der Waals surface area contributed by atoms with Crippen molar-refractivity contribution in [1.82, 2.24) is 4.90 Å². The lowest BCUT2D eigenvalue weighted by atomic mass is 9.99. The van der Waals surface area contributed by atoms with Crippen molar-refractivity contribution < 1.29 is 9.53 Å². The van der Waals surface area contributed by atoms with Gasteiger partial charge in [0, 0.05) is 19.0 Å². The summed E-state index contributed by atoms with van der Waals surface area (Å²) < 4.78 is 5.95. The number of ether oxygens (including phenoxy) is 1. The summed E-state index contributed by atoms with van der Waals surface area (Å²) in [6, 6.07) is 27.5.